The van der Waals surface area contributed by atoms with Gasteiger partial charge < -0.3 is 20.3 Å². The summed E-state index contributed by atoms with van der Waals surface area (Å²) < 4.78 is 5.30. The van der Waals surface area contributed by atoms with Crippen LogP contribution in [0.2, 0.25) is 0 Å². The number of nitrogens with one attached hydrogen (secondary N) is 2. The van der Waals surface area contributed by atoms with Gasteiger partial charge in [-0.1, -0.05) is 12.1 Å². The molecule has 0 radical (unpaired) electrons. The highest BCUT2D eigenvalue weighted by atomic mass is 16.5. The minimum Gasteiger partial charge on any atom is -0.464 e. The molecule has 2 N–H and O–H groups in total. The summed E-state index contributed by atoms with van der Waals surface area (Å²) in [6, 6.07) is 11.0. The van der Waals surface area contributed by atoms with Crippen molar-refractivity contribution in [2.45, 2.75) is 58.5 Å². The highest BCUT2D eigenvalue weighted by Gasteiger charge is 2.33. The Labute approximate surface area is 226 Å². The third kappa shape index (κ3) is 5.48. The summed E-state index contributed by atoms with van der Waals surface area (Å²) in [6.45, 7) is 6.69. The second kappa shape index (κ2) is 11.2. The van der Waals surface area contributed by atoms with E-state index in [4.69, 9.17) is 4.74 Å². The molecule has 202 valence electrons. The normalized spacial score (nSPS) is 16.3. The maximum absolute atomic E-state index is 12.9. The van der Waals surface area contributed by atoms with Gasteiger partial charge in [-0.3, -0.25) is 14.6 Å². The average molecular weight is 528 g/mol. The topological polar surface area (TPSA) is 114 Å². The van der Waals surface area contributed by atoms with E-state index in [0.717, 1.165) is 59.3 Å². The van der Waals surface area contributed by atoms with Gasteiger partial charge >= 0.3 is 5.97 Å². The monoisotopic (exact) mass is 527 g/mol. The Balaban J connectivity index is 1.35. The highest BCUT2D eigenvalue weighted by Crippen LogP contribution is 2.29. The number of esters is 1. The number of pyridine rings is 2. The Kier molecular flexibility index (Phi) is 7.58. The Morgan fingerprint density at radius 1 is 1.15 bits per heavy atom. The molecule has 0 aliphatic carbocycles. The van der Waals surface area contributed by atoms with E-state index >= 15 is 0 Å². The fourth-order valence-electron chi connectivity index (χ4n) is 5.24. The van der Waals surface area contributed by atoms with E-state index in [1.54, 1.807) is 19.3 Å². The molecule has 0 bridgehead atoms. The molecule has 2 atom stereocenters. The number of rotatable bonds is 9. The van der Waals surface area contributed by atoms with Crippen LogP contribution in [0.5, 0.6) is 0 Å². The first-order chi connectivity index (χ1) is 18.9. The standard InChI is InChI=1S/C30H33N5O4/c1-4-39-30(38)24(34-25-26(28(37)27(25)36)35-14-6-5-7-19(35)3)16-20-8-10-22(11-9-20)33-29-23-17-31-13-12-21(23)15-18(2)32-29/h8-13,15,17,19,24,34H,4-7,14,16H2,1-3H3,(H,32,33)/t19?,24-/m0/s1. The van der Waals surface area contributed by atoms with Gasteiger partial charge in [-0.2, -0.15) is 0 Å². The van der Waals surface area contributed by atoms with Crippen LogP contribution < -0.4 is 26.4 Å². The second-order valence-corrected chi connectivity index (χ2v) is 10.1. The van der Waals surface area contributed by atoms with Crippen LogP contribution in [0.25, 0.3) is 10.8 Å². The number of fused-ring (bicyclic) bond motifs is 1. The van der Waals surface area contributed by atoms with Gasteiger partial charge in [-0.05, 0) is 75.2 Å². The van der Waals surface area contributed by atoms with Crippen molar-refractivity contribution >= 4 is 39.6 Å². The van der Waals surface area contributed by atoms with Crippen LogP contribution in [-0.4, -0.2) is 41.2 Å². The molecule has 0 amide bonds. The van der Waals surface area contributed by atoms with Gasteiger partial charge in [0.25, 0.3) is 10.9 Å². The fourth-order valence-corrected chi connectivity index (χ4v) is 5.24. The summed E-state index contributed by atoms with van der Waals surface area (Å²) in [6.07, 6.45) is 6.86. The molecule has 1 aliphatic rings. The molecule has 2 aromatic heterocycles. The van der Waals surface area contributed by atoms with Crippen LogP contribution >= 0.6 is 0 Å². The van der Waals surface area contributed by atoms with E-state index in [2.05, 4.69) is 27.5 Å². The van der Waals surface area contributed by atoms with Crippen molar-refractivity contribution < 1.29 is 9.53 Å². The van der Waals surface area contributed by atoms with Gasteiger partial charge in [-0.25, -0.2) is 9.78 Å². The number of carbonyl (C=O) groups excluding carboxylic acids is 1. The van der Waals surface area contributed by atoms with E-state index in [0.29, 0.717) is 12.1 Å². The lowest BCUT2D eigenvalue weighted by Gasteiger charge is -2.37. The molecule has 1 unspecified atom stereocenters. The lowest BCUT2D eigenvalue weighted by atomic mass is 9.99. The first kappa shape index (κ1) is 26.3. The number of benzene rings is 1. The van der Waals surface area contributed by atoms with Crippen LogP contribution in [0.3, 0.4) is 0 Å². The fraction of sp³-hybridized carbons (Fsp3) is 0.367. The van der Waals surface area contributed by atoms with Crippen molar-refractivity contribution in [3.05, 3.63) is 80.5 Å². The molecule has 2 aromatic carbocycles. The van der Waals surface area contributed by atoms with E-state index in [1.807, 2.05) is 48.2 Å². The number of carbonyl (C=O) groups is 1. The number of hydrogen-bond acceptors (Lipinski definition) is 9. The number of nitrogens with zero attached hydrogens (tertiary/aromatic N) is 3. The molecule has 0 spiro atoms. The zero-order chi connectivity index (χ0) is 27.5. The molecule has 3 heterocycles. The molecule has 1 aliphatic heterocycles. The lowest BCUT2D eigenvalue weighted by molar-refractivity contribution is -0.144. The average Bonchev–Trinajstić information content (AvgIpc) is 2.93. The Bertz CT molecular complexity index is 1560. The summed E-state index contributed by atoms with van der Waals surface area (Å²) in [4.78, 5) is 48.8. The van der Waals surface area contributed by atoms with Crippen LogP contribution in [0, 0.1) is 6.92 Å². The molecule has 0 saturated carbocycles. The first-order valence-electron chi connectivity index (χ1n) is 13.5. The smallest absolute Gasteiger partial charge is 0.328 e. The third-order valence-corrected chi connectivity index (χ3v) is 7.28. The molecule has 9 nitrogen and oxygen atoms in total. The Hall–Kier alpha value is -4.27. The summed E-state index contributed by atoms with van der Waals surface area (Å²) in [5, 5.41) is 8.42. The zero-order valence-corrected chi connectivity index (χ0v) is 22.5. The van der Waals surface area contributed by atoms with Crippen LogP contribution in [-0.2, 0) is 16.0 Å². The van der Waals surface area contributed by atoms with Gasteiger partial charge in [0.2, 0.25) is 0 Å². The van der Waals surface area contributed by atoms with Gasteiger partial charge in [0, 0.05) is 48.2 Å². The van der Waals surface area contributed by atoms with Crippen molar-refractivity contribution in [3.63, 3.8) is 0 Å². The minimum absolute atomic E-state index is 0.166. The molecular formula is C30H33N5O4. The van der Waals surface area contributed by atoms with Gasteiger partial charge in [0.15, 0.2) is 0 Å². The highest BCUT2D eigenvalue weighted by molar-refractivity contribution is 5.93. The number of anilines is 4. The van der Waals surface area contributed by atoms with E-state index in [9.17, 15) is 14.4 Å². The quantitative estimate of drug-likeness (QED) is 0.244. The first-order valence-corrected chi connectivity index (χ1v) is 13.5. The number of hydrogen-bond donors (Lipinski definition) is 2. The van der Waals surface area contributed by atoms with Crippen LogP contribution in [0.15, 0.2) is 58.4 Å². The van der Waals surface area contributed by atoms with Crippen molar-refractivity contribution in [2.24, 2.45) is 0 Å². The summed E-state index contributed by atoms with van der Waals surface area (Å²) in [5.41, 5.74) is 2.16. The molecule has 5 rings (SSSR count). The second-order valence-electron chi connectivity index (χ2n) is 10.1. The van der Waals surface area contributed by atoms with Crippen LogP contribution in [0.4, 0.5) is 22.9 Å². The molecule has 39 heavy (non-hydrogen) atoms. The van der Waals surface area contributed by atoms with Gasteiger partial charge in [0.1, 0.15) is 23.2 Å². The van der Waals surface area contributed by atoms with Crippen molar-refractivity contribution in [1.82, 2.24) is 9.97 Å². The number of aromatic nitrogens is 2. The zero-order valence-electron chi connectivity index (χ0n) is 22.5. The Morgan fingerprint density at radius 2 is 1.95 bits per heavy atom. The third-order valence-electron chi connectivity index (χ3n) is 7.28. The molecular weight excluding hydrogens is 494 g/mol. The van der Waals surface area contributed by atoms with Crippen molar-refractivity contribution in [1.29, 1.82) is 0 Å². The van der Waals surface area contributed by atoms with Crippen molar-refractivity contribution in [2.75, 3.05) is 28.7 Å². The van der Waals surface area contributed by atoms with Crippen LogP contribution in [0.1, 0.15) is 44.4 Å². The van der Waals surface area contributed by atoms with E-state index < -0.39 is 22.9 Å². The SMILES string of the molecule is CCOC(=O)[C@H](Cc1ccc(Nc2nc(C)cc3ccncc23)cc1)Nc1c(N2CCCCC2C)c(=O)c1=O. The molecule has 9 heteroatoms. The van der Waals surface area contributed by atoms with Gasteiger partial charge in [0.05, 0.1) is 6.61 Å². The predicted octanol–water partition coefficient (Wildman–Crippen LogP) is 4.24. The summed E-state index contributed by atoms with van der Waals surface area (Å²) >= 11 is 0. The van der Waals surface area contributed by atoms with E-state index in [-0.39, 0.29) is 18.3 Å². The largest absolute Gasteiger partial charge is 0.464 e. The summed E-state index contributed by atoms with van der Waals surface area (Å²) in [5.74, 6) is 0.254. The van der Waals surface area contributed by atoms with Crippen molar-refractivity contribution in [3.8, 4) is 0 Å². The number of piperidine rings is 1. The maximum Gasteiger partial charge on any atom is 0.328 e. The molecule has 1 saturated heterocycles. The molecule has 4 aromatic rings. The number of aryl methyl sites for hydroxylation is 1. The predicted molar refractivity (Wildman–Crippen MR) is 154 cm³/mol. The number of ether oxygens (including phenoxy) is 1. The maximum atomic E-state index is 12.9. The van der Waals surface area contributed by atoms with Gasteiger partial charge in [-0.15, -0.1) is 0 Å². The van der Waals surface area contributed by atoms with E-state index in [1.165, 1.54) is 0 Å². The molecule has 1 fully saturated rings. The minimum atomic E-state index is -0.806. The lowest BCUT2D eigenvalue weighted by Crippen LogP contribution is -2.49. The Morgan fingerprint density at radius 3 is 2.69 bits per heavy atom. The summed E-state index contributed by atoms with van der Waals surface area (Å²) in [7, 11) is 0.